The first-order valence-electron chi connectivity index (χ1n) is 17.5. The van der Waals surface area contributed by atoms with E-state index >= 15 is 0 Å². The number of fused-ring (bicyclic) bond motifs is 6. The molecule has 0 saturated heterocycles. The van der Waals surface area contributed by atoms with Crippen LogP contribution >= 0.6 is 0 Å². The van der Waals surface area contributed by atoms with Gasteiger partial charge in [0.15, 0.2) is 8.07 Å². The highest BCUT2D eigenvalue weighted by atomic mass is 28.3. The van der Waals surface area contributed by atoms with Crippen molar-refractivity contribution in [2.75, 3.05) is 0 Å². The summed E-state index contributed by atoms with van der Waals surface area (Å²) in [4.78, 5) is 0. The van der Waals surface area contributed by atoms with E-state index in [4.69, 9.17) is 4.42 Å². The van der Waals surface area contributed by atoms with Crippen molar-refractivity contribution >= 4 is 72.6 Å². The zero-order chi connectivity index (χ0) is 33.8. The minimum atomic E-state index is -2.79. The third-order valence-corrected chi connectivity index (χ3v) is 15.3. The first-order valence-corrected chi connectivity index (χ1v) is 19.5. The topological polar surface area (TPSA) is 18.1 Å². The van der Waals surface area contributed by atoms with Crippen LogP contribution in [0.1, 0.15) is 0 Å². The van der Waals surface area contributed by atoms with Gasteiger partial charge in [0.25, 0.3) is 0 Å². The zero-order valence-electron chi connectivity index (χ0n) is 27.9. The standard InChI is InChI=1S/C48H33NOSi/c1-4-14-36(15-5-1)49-45-22-12-10-20-41(45)44-33-40(29-31-46(44)49)51(37-16-6-2-7-17-37,38-18-8-3-9-19-38)39-27-24-34(25-28-39)35-26-30-43-42-21-11-13-23-47(42)50-48(43)32-35/h1-33H. The van der Waals surface area contributed by atoms with Crippen LogP contribution in [0.15, 0.2) is 205 Å². The molecule has 51 heavy (non-hydrogen) atoms. The minimum Gasteiger partial charge on any atom is -0.456 e. The molecular weight excluding hydrogens is 635 g/mol. The molecule has 0 saturated carbocycles. The SMILES string of the molecule is c1ccc(-n2c3ccccc3c3cc([Si](c4ccccc4)(c4ccccc4)c4ccc(-c5ccc6c(c5)oc5ccccc56)cc4)ccc32)cc1. The summed E-state index contributed by atoms with van der Waals surface area (Å²) in [5, 5.41) is 10.3. The highest BCUT2D eigenvalue weighted by molar-refractivity contribution is 7.20. The van der Waals surface area contributed by atoms with Crippen LogP contribution in [-0.4, -0.2) is 12.6 Å². The highest BCUT2D eigenvalue weighted by Gasteiger charge is 2.41. The molecule has 3 heteroatoms. The third kappa shape index (κ3) is 4.63. The average Bonchev–Trinajstić information content (AvgIpc) is 3.75. The molecule has 0 bridgehead atoms. The zero-order valence-corrected chi connectivity index (χ0v) is 28.9. The van der Waals surface area contributed by atoms with Crippen molar-refractivity contribution in [3.63, 3.8) is 0 Å². The van der Waals surface area contributed by atoms with E-state index in [0.717, 1.165) is 27.5 Å². The monoisotopic (exact) mass is 667 g/mol. The van der Waals surface area contributed by atoms with Gasteiger partial charge in [0.2, 0.25) is 0 Å². The molecule has 2 nitrogen and oxygen atoms in total. The fourth-order valence-corrected chi connectivity index (χ4v) is 13.0. The van der Waals surface area contributed by atoms with Crippen LogP contribution in [0.2, 0.25) is 0 Å². The summed E-state index contributed by atoms with van der Waals surface area (Å²) in [7, 11) is -2.79. The van der Waals surface area contributed by atoms with E-state index in [1.165, 1.54) is 53.8 Å². The van der Waals surface area contributed by atoms with Crippen LogP contribution in [0.5, 0.6) is 0 Å². The van der Waals surface area contributed by atoms with Crippen molar-refractivity contribution in [1.29, 1.82) is 0 Å². The summed E-state index contributed by atoms with van der Waals surface area (Å²) in [5.74, 6) is 0. The lowest BCUT2D eigenvalue weighted by Gasteiger charge is -2.34. The number of benzene rings is 8. The van der Waals surface area contributed by atoms with Crippen LogP contribution in [0.4, 0.5) is 0 Å². The Bertz CT molecular complexity index is 2800. The van der Waals surface area contributed by atoms with E-state index in [0.29, 0.717) is 0 Å². The van der Waals surface area contributed by atoms with Crippen molar-refractivity contribution in [3.05, 3.63) is 200 Å². The number of furan rings is 1. The Kier molecular flexibility index (Phi) is 6.86. The van der Waals surface area contributed by atoms with Crippen molar-refractivity contribution in [1.82, 2.24) is 4.57 Å². The maximum atomic E-state index is 6.27. The quantitative estimate of drug-likeness (QED) is 0.128. The van der Waals surface area contributed by atoms with Gasteiger partial charge in [-0.2, -0.15) is 0 Å². The molecule has 0 atom stereocenters. The number of hydrogen-bond donors (Lipinski definition) is 0. The van der Waals surface area contributed by atoms with Gasteiger partial charge in [0, 0.05) is 27.2 Å². The molecule has 0 radical (unpaired) electrons. The van der Waals surface area contributed by atoms with Crippen molar-refractivity contribution < 1.29 is 4.42 Å². The van der Waals surface area contributed by atoms with Crippen molar-refractivity contribution in [2.45, 2.75) is 0 Å². The normalized spacial score (nSPS) is 11.9. The molecule has 10 aromatic rings. The summed E-state index contributed by atoms with van der Waals surface area (Å²) in [6.45, 7) is 0. The molecule has 2 heterocycles. The average molecular weight is 668 g/mol. The Hall–Kier alpha value is -6.42. The second-order valence-corrected chi connectivity index (χ2v) is 17.1. The van der Waals surface area contributed by atoms with Gasteiger partial charge in [0.05, 0.1) is 11.0 Å². The van der Waals surface area contributed by atoms with E-state index in [9.17, 15) is 0 Å². The van der Waals surface area contributed by atoms with Gasteiger partial charge in [-0.05, 0) is 74.3 Å². The predicted octanol–water partition coefficient (Wildman–Crippen LogP) is 9.73. The molecule has 0 N–H and O–H groups in total. The van der Waals surface area contributed by atoms with E-state index in [2.05, 4.69) is 193 Å². The molecule has 0 aliphatic carbocycles. The maximum absolute atomic E-state index is 6.27. The lowest BCUT2D eigenvalue weighted by Crippen LogP contribution is -2.74. The van der Waals surface area contributed by atoms with Crippen LogP contribution in [0.25, 0.3) is 60.6 Å². The number of hydrogen-bond acceptors (Lipinski definition) is 1. The fourth-order valence-electron chi connectivity index (χ4n) is 8.26. The first-order chi connectivity index (χ1) is 25.3. The van der Waals surface area contributed by atoms with Gasteiger partial charge >= 0.3 is 0 Å². The molecule has 0 unspecified atom stereocenters. The number of aromatic nitrogens is 1. The molecule has 0 fully saturated rings. The Morgan fingerprint density at radius 3 is 1.59 bits per heavy atom. The minimum absolute atomic E-state index is 0.915. The van der Waals surface area contributed by atoms with Gasteiger partial charge in [-0.25, -0.2) is 0 Å². The number of rotatable bonds is 6. The van der Waals surface area contributed by atoms with Crippen LogP contribution < -0.4 is 20.7 Å². The van der Waals surface area contributed by atoms with Gasteiger partial charge in [-0.1, -0.05) is 158 Å². The Labute approximate surface area is 297 Å². The Morgan fingerprint density at radius 1 is 0.333 bits per heavy atom. The molecule has 240 valence electrons. The second-order valence-electron chi connectivity index (χ2n) is 13.3. The molecule has 0 spiro atoms. The van der Waals surface area contributed by atoms with Crippen molar-refractivity contribution in [3.8, 4) is 16.8 Å². The summed E-state index contributed by atoms with van der Waals surface area (Å²) in [5.41, 5.74) is 7.76. The van der Waals surface area contributed by atoms with Gasteiger partial charge in [-0.3, -0.25) is 0 Å². The summed E-state index contributed by atoms with van der Waals surface area (Å²) in [6, 6.07) is 73.3. The van der Waals surface area contributed by atoms with Crippen LogP contribution in [0.3, 0.4) is 0 Å². The molecular formula is C48H33NOSi. The molecule has 10 rings (SSSR count). The molecule has 0 aliphatic rings. The molecule has 8 aromatic carbocycles. The van der Waals surface area contributed by atoms with Gasteiger partial charge < -0.3 is 8.98 Å². The predicted molar refractivity (Wildman–Crippen MR) is 217 cm³/mol. The largest absolute Gasteiger partial charge is 0.456 e. The van der Waals surface area contributed by atoms with Gasteiger partial charge in [-0.15, -0.1) is 0 Å². The van der Waals surface area contributed by atoms with Crippen molar-refractivity contribution in [2.24, 2.45) is 0 Å². The third-order valence-electron chi connectivity index (χ3n) is 10.6. The summed E-state index contributed by atoms with van der Waals surface area (Å²) in [6.07, 6.45) is 0. The second kappa shape index (κ2) is 11.9. The van der Waals surface area contributed by atoms with E-state index < -0.39 is 8.07 Å². The molecule has 0 amide bonds. The summed E-state index contributed by atoms with van der Waals surface area (Å²) < 4.78 is 8.67. The number of para-hydroxylation sites is 3. The van der Waals surface area contributed by atoms with E-state index in [-0.39, 0.29) is 0 Å². The highest BCUT2D eigenvalue weighted by Crippen LogP contribution is 2.33. The fraction of sp³-hybridized carbons (Fsp3) is 0. The first kappa shape index (κ1) is 29.5. The smallest absolute Gasteiger partial charge is 0.179 e. The van der Waals surface area contributed by atoms with Crippen LogP contribution in [0, 0.1) is 0 Å². The lowest BCUT2D eigenvalue weighted by atomic mass is 10.0. The summed E-state index contributed by atoms with van der Waals surface area (Å²) >= 11 is 0. The Balaban J connectivity index is 1.20. The van der Waals surface area contributed by atoms with Gasteiger partial charge in [0.1, 0.15) is 11.2 Å². The lowest BCUT2D eigenvalue weighted by molar-refractivity contribution is 0.669. The number of nitrogens with zero attached hydrogens (tertiary/aromatic N) is 1. The molecule has 0 aliphatic heterocycles. The van der Waals surface area contributed by atoms with Crippen LogP contribution in [-0.2, 0) is 0 Å². The Morgan fingerprint density at radius 2 is 0.863 bits per heavy atom. The maximum Gasteiger partial charge on any atom is 0.179 e. The molecule has 2 aromatic heterocycles. The van der Waals surface area contributed by atoms with E-state index in [1.807, 2.05) is 12.1 Å². The van der Waals surface area contributed by atoms with E-state index in [1.54, 1.807) is 0 Å².